The molecule has 2 atom stereocenters. The Labute approximate surface area is 140 Å². The molecule has 23 heavy (non-hydrogen) atoms. The number of carbonyl (C=O) groups excluding carboxylic acids is 3. The zero-order chi connectivity index (χ0) is 16.6. The summed E-state index contributed by atoms with van der Waals surface area (Å²) in [4.78, 5) is 40.4. The summed E-state index contributed by atoms with van der Waals surface area (Å²) >= 11 is 1.44. The third-order valence-electron chi connectivity index (χ3n) is 5.09. The van der Waals surface area contributed by atoms with Crippen LogP contribution in [0, 0.1) is 5.92 Å². The number of thiophene rings is 1. The van der Waals surface area contributed by atoms with Crippen LogP contribution < -0.4 is 5.32 Å². The third kappa shape index (κ3) is 2.69. The number of urea groups is 1. The predicted octanol–water partition coefficient (Wildman–Crippen LogP) is 2.99. The van der Waals surface area contributed by atoms with Crippen LogP contribution in [0.1, 0.15) is 54.1 Å². The Kier molecular flexibility index (Phi) is 4.27. The first-order chi connectivity index (χ1) is 11.0. The van der Waals surface area contributed by atoms with Gasteiger partial charge in [0.2, 0.25) is 0 Å². The van der Waals surface area contributed by atoms with Crippen molar-refractivity contribution in [2.75, 3.05) is 6.54 Å². The number of rotatable bonds is 4. The van der Waals surface area contributed by atoms with Crippen molar-refractivity contribution in [1.29, 1.82) is 0 Å². The highest BCUT2D eigenvalue weighted by Gasteiger charge is 2.55. The van der Waals surface area contributed by atoms with Gasteiger partial charge >= 0.3 is 6.03 Å². The highest BCUT2D eigenvalue weighted by molar-refractivity contribution is 7.14. The van der Waals surface area contributed by atoms with E-state index in [0.717, 1.165) is 35.5 Å². The van der Waals surface area contributed by atoms with Crippen LogP contribution >= 0.6 is 11.3 Å². The van der Waals surface area contributed by atoms with Crippen LogP contribution in [0.3, 0.4) is 0 Å². The number of hydrogen-bond donors (Lipinski definition) is 1. The van der Waals surface area contributed by atoms with Crippen molar-refractivity contribution < 1.29 is 14.4 Å². The van der Waals surface area contributed by atoms with Crippen molar-refractivity contribution >= 4 is 29.1 Å². The summed E-state index contributed by atoms with van der Waals surface area (Å²) in [6.45, 7) is 3.88. The molecule has 2 heterocycles. The Bertz CT molecular complexity index is 654. The summed E-state index contributed by atoms with van der Waals surface area (Å²) < 4.78 is 0. The van der Waals surface area contributed by atoms with Gasteiger partial charge in [-0.05, 0) is 37.3 Å². The first-order valence-corrected chi connectivity index (χ1v) is 9.05. The molecule has 1 saturated carbocycles. The second-order valence-electron chi connectivity index (χ2n) is 6.48. The number of hydrogen-bond acceptors (Lipinski definition) is 4. The van der Waals surface area contributed by atoms with E-state index in [1.54, 1.807) is 6.07 Å². The molecule has 124 valence electrons. The molecule has 6 heteroatoms. The van der Waals surface area contributed by atoms with E-state index in [2.05, 4.69) is 5.32 Å². The topological polar surface area (TPSA) is 66.5 Å². The van der Waals surface area contributed by atoms with Gasteiger partial charge in [-0.15, -0.1) is 11.3 Å². The van der Waals surface area contributed by atoms with E-state index in [0.29, 0.717) is 11.3 Å². The Morgan fingerprint density at radius 3 is 2.83 bits per heavy atom. The van der Waals surface area contributed by atoms with Crippen LogP contribution in [-0.2, 0) is 11.2 Å². The Balaban J connectivity index is 1.76. The molecule has 3 amide bonds. The summed E-state index contributed by atoms with van der Waals surface area (Å²) in [7, 11) is 0. The van der Waals surface area contributed by atoms with Gasteiger partial charge in [-0.2, -0.15) is 0 Å². The molecule has 1 aromatic heterocycles. The highest BCUT2D eigenvalue weighted by atomic mass is 32.1. The summed E-state index contributed by atoms with van der Waals surface area (Å²) in [6.07, 6.45) is 4.49. The highest BCUT2D eigenvalue weighted by Crippen LogP contribution is 2.38. The van der Waals surface area contributed by atoms with Gasteiger partial charge in [-0.25, -0.2) is 4.79 Å². The number of imide groups is 1. The Morgan fingerprint density at radius 2 is 2.17 bits per heavy atom. The van der Waals surface area contributed by atoms with Crippen molar-refractivity contribution in [3.05, 3.63) is 21.9 Å². The fourth-order valence-corrected chi connectivity index (χ4v) is 4.46. The Morgan fingerprint density at radius 1 is 1.39 bits per heavy atom. The van der Waals surface area contributed by atoms with E-state index in [1.807, 2.05) is 19.9 Å². The minimum Gasteiger partial charge on any atom is -0.323 e. The predicted molar refractivity (Wildman–Crippen MR) is 88.6 cm³/mol. The van der Waals surface area contributed by atoms with Gasteiger partial charge in [-0.1, -0.05) is 26.7 Å². The lowest BCUT2D eigenvalue weighted by molar-refractivity contribution is -0.133. The molecule has 1 spiro atoms. The zero-order valence-corrected chi connectivity index (χ0v) is 14.4. The molecule has 1 aliphatic heterocycles. The lowest BCUT2D eigenvalue weighted by Gasteiger charge is -2.36. The van der Waals surface area contributed by atoms with Crippen LogP contribution in [0.2, 0.25) is 0 Å². The molecule has 0 aromatic carbocycles. The first kappa shape index (κ1) is 16.2. The fraction of sp³-hybridized carbons (Fsp3) is 0.588. The van der Waals surface area contributed by atoms with Crippen molar-refractivity contribution in [1.82, 2.24) is 10.2 Å². The monoisotopic (exact) mass is 334 g/mol. The number of Topliss-reactive ketones (excluding diaryl/α,β-unsaturated/α-hetero) is 1. The van der Waals surface area contributed by atoms with Gasteiger partial charge in [0.1, 0.15) is 5.54 Å². The summed E-state index contributed by atoms with van der Waals surface area (Å²) in [5.74, 6) is -0.282. The van der Waals surface area contributed by atoms with Crippen LogP contribution in [0.4, 0.5) is 4.79 Å². The molecular weight excluding hydrogens is 312 g/mol. The SMILES string of the molecule is CCc1ccc(C(=O)CN2C(=O)N[C@]3(CCCC[C@H]3C)C2=O)s1. The van der Waals surface area contributed by atoms with Crippen LogP contribution in [-0.4, -0.2) is 34.7 Å². The molecule has 0 bridgehead atoms. The smallest absolute Gasteiger partial charge is 0.323 e. The van der Waals surface area contributed by atoms with Crippen molar-refractivity contribution in [3.63, 3.8) is 0 Å². The second kappa shape index (κ2) is 6.07. The number of aryl methyl sites for hydroxylation is 1. The van der Waals surface area contributed by atoms with Crippen molar-refractivity contribution in [3.8, 4) is 0 Å². The molecule has 0 unspecified atom stereocenters. The van der Waals surface area contributed by atoms with E-state index < -0.39 is 11.6 Å². The van der Waals surface area contributed by atoms with Gasteiger partial charge in [0.25, 0.3) is 5.91 Å². The van der Waals surface area contributed by atoms with E-state index in [4.69, 9.17) is 0 Å². The molecule has 0 radical (unpaired) electrons. The molecular formula is C17H22N2O3S. The lowest BCUT2D eigenvalue weighted by atomic mass is 9.73. The third-order valence-corrected chi connectivity index (χ3v) is 6.36. The minimum atomic E-state index is -0.792. The van der Waals surface area contributed by atoms with Gasteiger partial charge in [0, 0.05) is 4.88 Å². The normalized spacial score (nSPS) is 27.6. The van der Waals surface area contributed by atoms with Crippen LogP contribution in [0.15, 0.2) is 12.1 Å². The lowest BCUT2D eigenvalue weighted by Crippen LogP contribution is -2.54. The molecule has 2 aliphatic rings. The van der Waals surface area contributed by atoms with Crippen LogP contribution in [0.5, 0.6) is 0 Å². The van der Waals surface area contributed by atoms with E-state index in [-0.39, 0.29) is 24.2 Å². The molecule has 2 fully saturated rings. The zero-order valence-electron chi connectivity index (χ0n) is 13.6. The maximum Gasteiger partial charge on any atom is 0.325 e. The van der Waals surface area contributed by atoms with Gasteiger partial charge in [0.05, 0.1) is 11.4 Å². The van der Waals surface area contributed by atoms with Crippen molar-refractivity contribution in [2.24, 2.45) is 5.92 Å². The molecule has 1 aliphatic carbocycles. The number of nitrogens with one attached hydrogen (secondary N) is 1. The standard InChI is InChI=1S/C17H22N2O3S/c1-3-12-7-8-14(23-12)13(20)10-19-15(21)17(18-16(19)22)9-5-4-6-11(17)2/h7-8,11H,3-6,9-10H2,1-2H3,(H,18,22)/t11-,17+/m1/s1. The number of ketones is 1. The summed E-state index contributed by atoms with van der Waals surface area (Å²) in [5.41, 5.74) is -0.792. The average Bonchev–Trinajstić information content (AvgIpc) is 3.10. The van der Waals surface area contributed by atoms with Crippen molar-refractivity contribution in [2.45, 2.75) is 51.5 Å². The number of amides is 3. The quantitative estimate of drug-likeness (QED) is 0.680. The minimum absolute atomic E-state index is 0.112. The maximum absolute atomic E-state index is 12.8. The van der Waals surface area contributed by atoms with Crippen LogP contribution in [0.25, 0.3) is 0 Å². The maximum atomic E-state index is 12.8. The molecule has 1 aromatic rings. The first-order valence-electron chi connectivity index (χ1n) is 8.24. The number of nitrogens with zero attached hydrogens (tertiary/aromatic N) is 1. The molecule has 1 saturated heterocycles. The second-order valence-corrected chi connectivity index (χ2v) is 7.65. The van der Waals surface area contributed by atoms with Gasteiger partial charge in [0.15, 0.2) is 5.78 Å². The molecule has 3 rings (SSSR count). The van der Waals surface area contributed by atoms with Gasteiger partial charge in [-0.3, -0.25) is 14.5 Å². The average molecular weight is 334 g/mol. The molecule has 1 N–H and O–H groups in total. The molecule has 5 nitrogen and oxygen atoms in total. The Hall–Kier alpha value is -1.69. The van der Waals surface area contributed by atoms with Gasteiger partial charge < -0.3 is 5.32 Å². The fourth-order valence-electron chi connectivity index (χ4n) is 3.58. The summed E-state index contributed by atoms with van der Waals surface area (Å²) in [6, 6.07) is 3.28. The largest absolute Gasteiger partial charge is 0.325 e. The van der Waals surface area contributed by atoms with E-state index >= 15 is 0 Å². The number of carbonyl (C=O) groups is 3. The summed E-state index contributed by atoms with van der Waals surface area (Å²) in [5, 5.41) is 2.88. The van der Waals surface area contributed by atoms with E-state index in [1.165, 1.54) is 11.3 Å². The van der Waals surface area contributed by atoms with E-state index in [9.17, 15) is 14.4 Å².